The Morgan fingerprint density at radius 1 is 1.13 bits per heavy atom. The van der Waals surface area contributed by atoms with E-state index in [2.05, 4.69) is 4.98 Å². The molecule has 0 amide bonds. The van der Waals surface area contributed by atoms with Crippen molar-refractivity contribution in [1.82, 2.24) is 9.29 Å². The maximum atomic E-state index is 13.0. The lowest BCUT2D eigenvalue weighted by molar-refractivity contribution is 0.395. The summed E-state index contributed by atoms with van der Waals surface area (Å²) in [5, 5.41) is 0. The number of nitrogen functional groups attached to an aromatic ring is 1. The lowest BCUT2D eigenvalue weighted by atomic mass is 10.0. The van der Waals surface area contributed by atoms with Crippen LogP contribution in [-0.4, -0.2) is 24.3 Å². The van der Waals surface area contributed by atoms with Crippen LogP contribution in [0.3, 0.4) is 0 Å². The first-order valence-corrected chi connectivity index (χ1v) is 9.15. The molecule has 23 heavy (non-hydrogen) atoms. The number of hydrogen-bond acceptors (Lipinski definition) is 4. The van der Waals surface area contributed by atoms with E-state index in [-0.39, 0.29) is 6.04 Å². The highest BCUT2D eigenvalue weighted by Gasteiger charge is 2.36. The Morgan fingerprint density at radius 2 is 1.83 bits per heavy atom. The van der Waals surface area contributed by atoms with Crippen molar-refractivity contribution >= 4 is 15.8 Å². The van der Waals surface area contributed by atoms with Crippen LogP contribution in [0.15, 0.2) is 41.3 Å². The Morgan fingerprint density at radius 3 is 2.48 bits per heavy atom. The fourth-order valence-corrected chi connectivity index (χ4v) is 4.80. The second-order valence-corrected chi connectivity index (χ2v) is 7.89. The van der Waals surface area contributed by atoms with Gasteiger partial charge in [-0.3, -0.25) is 0 Å². The molecule has 2 aromatic rings. The largest absolute Gasteiger partial charge is 0.384 e. The standard InChI is InChI=1S/C17H21N3O2S/c1-12-5-7-14(8-6-12)23(21,22)20-11-3-4-16(20)15-9-10-17(18)19-13(15)2/h5-10,16H,3-4,11H2,1-2H3,(H2,18,19). The molecule has 0 radical (unpaired) electrons. The molecular formula is C17H21N3O2S. The normalized spacial score (nSPS) is 19.1. The number of nitrogens with zero attached hydrogens (tertiary/aromatic N) is 2. The Bertz CT molecular complexity index is 816. The van der Waals surface area contributed by atoms with E-state index in [0.717, 1.165) is 29.7 Å². The van der Waals surface area contributed by atoms with Crippen LogP contribution >= 0.6 is 0 Å². The fraction of sp³-hybridized carbons (Fsp3) is 0.353. The highest BCUT2D eigenvalue weighted by Crippen LogP contribution is 2.37. The predicted molar refractivity (Wildman–Crippen MR) is 90.4 cm³/mol. The average Bonchev–Trinajstić information content (AvgIpc) is 2.97. The third-order valence-electron chi connectivity index (χ3n) is 4.34. The summed E-state index contributed by atoms with van der Waals surface area (Å²) in [6, 6.07) is 10.5. The number of hydrogen-bond donors (Lipinski definition) is 1. The number of aryl methyl sites for hydroxylation is 2. The van der Waals surface area contributed by atoms with Gasteiger partial charge in [-0.05, 0) is 50.5 Å². The van der Waals surface area contributed by atoms with E-state index >= 15 is 0 Å². The summed E-state index contributed by atoms with van der Waals surface area (Å²) >= 11 is 0. The molecule has 1 aromatic carbocycles. The fourth-order valence-electron chi connectivity index (χ4n) is 3.13. The number of pyridine rings is 1. The molecule has 1 aromatic heterocycles. The van der Waals surface area contributed by atoms with Crippen LogP contribution in [0.1, 0.15) is 35.7 Å². The lowest BCUT2D eigenvalue weighted by Gasteiger charge is -2.25. The van der Waals surface area contributed by atoms with Crippen molar-refractivity contribution in [3.8, 4) is 0 Å². The van der Waals surface area contributed by atoms with Crippen LogP contribution in [0, 0.1) is 13.8 Å². The topological polar surface area (TPSA) is 76.3 Å². The Balaban J connectivity index is 1.99. The van der Waals surface area contributed by atoms with Gasteiger partial charge in [-0.2, -0.15) is 4.31 Å². The Labute approximate surface area is 137 Å². The van der Waals surface area contributed by atoms with Crippen LogP contribution in [0.25, 0.3) is 0 Å². The van der Waals surface area contributed by atoms with Crippen LogP contribution in [0.5, 0.6) is 0 Å². The van der Waals surface area contributed by atoms with Crippen molar-refractivity contribution in [2.24, 2.45) is 0 Å². The summed E-state index contributed by atoms with van der Waals surface area (Å²) in [5.74, 6) is 0.456. The van der Waals surface area contributed by atoms with Gasteiger partial charge in [-0.1, -0.05) is 23.8 Å². The molecule has 0 bridgehead atoms. The summed E-state index contributed by atoms with van der Waals surface area (Å²) < 4.78 is 27.6. The summed E-state index contributed by atoms with van der Waals surface area (Å²) in [7, 11) is -3.51. The minimum Gasteiger partial charge on any atom is -0.384 e. The van der Waals surface area contributed by atoms with E-state index in [9.17, 15) is 8.42 Å². The van der Waals surface area contributed by atoms with Crippen LogP contribution in [0.4, 0.5) is 5.82 Å². The quantitative estimate of drug-likeness (QED) is 0.938. The molecule has 1 atom stereocenters. The molecule has 1 aliphatic rings. The molecule has 1 unspecified atom stereocenters. The van der Waals surface area contributed by atoms with Gasteiger partial charge >= 0.3 is 0 Å². The molecular weight excluding hydrogens is 310 g/mol. The predicted octanol–water partition coefficient (Wildman–Crippen LogP) is 2.81. The van der Waals surface area contributed by atoms with Gasteiger partial charge in [0.05, 0.1) is 10.9 Å². The first kappa shape index (κ1) is 16.0. The van der Waals surface area contributed by atoms with Crippen LogP contribution < -0.4 is 5.73 Å². The second-order valence-electron chi connectivity index (χ2n) is 6.00. The zero-order valence-corrected chi connectivity index (χ0v) is 14.2. The zero-order valence-electron chi connectivity index (χ0n) is 13.4. The smallest absolute Gasteiger partial charge is 0.243 e. The molecule has 6 heteroatoms. The SMILES string of the molecule is Cc1ccc(S(=O)(=O)N2CCCC2c2ccc(N)nc2C)cc1. The molecule has 122 valence electrons. The van der Waals surface area contributed by atoms with E-state index in [1.807, 2.05) is 32.0 Å². The number of benzene rings is 1. The van der Waals surface area contributed by atoms with Crippen molar-refractivity contribution < 1.29 is 8.42 Å². The van der Waals surface area contributed by atoms with Gasteiger partial charge < -0.3 is 5.73 Å². The minimum atomic E-state index is -3.51. The first-order valence-electron chi connectivity index (χ1n) is 7.71. The Hall–Kier alpha value is -1.92. The zero-order chi connectivity index (χ0) is 16.6. The number of anilines is 1. The van der Waals surface area contributed by atoms with Gasteiger partial charge in [-0.15, -0.1) is 0 Å². The number of aromatic nitrogens is 1. The Kier molecular flexibility index (Phi) is 4.12. The van der Waals surface area contributed by atoms with Crippen LogP contribution in [0.2, 0.25) is 0 Å². The molecule has 1 aliphatic heterocycles. The van der Waals surface area contributed by atoms with Gasteiger partial charge in [0.25, 0.3) is 0 Å². The van der Waals surface area contributed by atoms with Gasteiger partial charge in [0.2, 0.25) is 10.0 Å². The number of sulfonamides is 1. The summed E-state index contributed by atoms with van der Waals surface area (Å²) in [4.78, 5) is 4.62. The van der Waals surface area contributed by atoms with Crippen molar-refractivity contribution in [1.29, 1.82) is 0 Å². The van der Waals surface area contributed by atoms with E-state index in [1.165, 1.54) is 0 Å². The van der Waals surface area contributed by atoms with E-state index in [4.69, 9.17) is 5.73 Å². The lowest BCUT2D eigenvalue weighted by Crippen LogP contribution is -2.31. The average molecular weight is 331 g/mol. The maximum Gasteiger partial charge on any atom is 0.243 e. The van der Waals surface area contributed by atoms with Crippen molar-refractivity contribution in [3.05, 3.63) is 53.2 Å². The summed E-state index contributed by atoms with van der Waals surface area (Å²) in [6.07, 6.45) is 1.65. The third kappa shape index (κ3) is 2.96. The molecule has 2 heterocycles. The monoisotopic (exact) mass is 331 g/mol. The molecule has 1 saturated heterocycles. The highest BCUT2D eigenvalue weighted by atomic mass is 32.2. The molecule has 1 fully saturated rings. The molecule has 3 rings (SSSR count). The maximum absolute atomic E-state index is 13.0. The second kappa shape index (κ2) is 5.94. The third-order valence-corrected chi connectivity index (χ3v) is 6.26. The van der Waals surface area contributed by atoms with Crippen molar-refractivity contribution in [2.75, 3.05) is 12.3 Å². The molecule has 0 spiro atoms. The number of rotatable bonds is 3. The van der Waals surface area contributed by atoms with E-state index in [0.29, 0.717) is 17.3 Å². The highest BCUT2D eigenvalue weighted by molar-refractivity contribution is 7.89. The van der Waals surface area contributed by atoms with E-state index < -0.39 is 10.0 Å². The van der Waals surface area contributed by atoms with Crippen LogP contribution in [-0.2, 0) is 10.0 Å². The van der Waals surface area contributed by atoms with Gasteiger partial charge in [0, 0.05) is 12.2 Å². The molecule has 2 N–H and O–H groups in total. The van der Waals surface area contributed by atoms with Crippen molar-refractivity contribution in [2.45, 2.75) is 37.6 Å². The van der Waals surface area contributed by atoms with Crippen molar-refractivity contribution in [3.63, 3.8) is 0 Å². The summed E-state index contributed by atoms with van der Waals surface area (Å²) in [6.45, 7) is 4.35. The number of nitrogens with two attached hydrogens (primary N) is 1. The minimum absolute atomic E-state index is 0.172. The molecule has 0 aliphatic carbocycles. The molecule has 5 nitrogen and oxygen atoms in total. The van der Waals surface area contributed by atoms with Gasteiger partial charge in [-0.25, -0.2) is 13.4 Å². The first-order chi connectivity index (χ1) is 10.9. The van der Waals surface area contributed by atoms with Gasteiger partial charge in [0.1, 0.15) is 5.82 Å². The van der Waals surface area contributed by atoms with Gasteiger partial charge in [0.15, 0.2) is 0 Å². The molecule has 0 saturated carbocycles. The summed E-state index contributed by atoms with van der Waals surface area (Å²) in [5.41, 5.74) is 8.48. The van der Waals surface area contributed by atoms with E-state index in [1.54, 1.807) is 22.5 Å².